The number of carbonyl (C=O) groups excluding carboxylic acids is 4. The Morgan fingerprint density at radius 3 is 2.37 bits per heavy atom. The van der Waals surface area contributed by atoms with Crippen LogP contribution in [0, 0.1) is 6.92 Å². The summed E-state index contributed by atoms with van der Waals surface area (Å²) in [6.07, 6.45) is 0. The number of aryl methyl sites for hydroxylation is 1. The molecular formula is C26H25N3O5S. The maximum Gasteiger partial charge on any atom is 0.340 e. The standard InChI is InChI=1S/C26H25N3O5S/c1-18-6-4-7-19(16-18)24(31)27-21-9-3-2-8-20(21)26(33)34-17-23(30)28-11-13-29(14-12-28)25(32)22-10-5-15-35-22/h2-10,15-16H,11-14,17H2,1H3,(H,27,31). The van der Waals surface area contributed by atoms with Gasteiger partial charge in [-0.2, -0.15) is 0 Å². The van der Waals surface area contributed by atoms with Gasteiger partial charge in [0.1, 0.15) is 0 Å². The van der Waals surface area contributed by atoms with E-state index in [1.807, 2.05) is 24.4 Å². The van der Waals surface area contributed by atoms with Crippen molar-refractivity contribution in [1.29, 1.82) is 0 Å². The molecule has 2 aromatic carbocycles. The van der Waals surface area contributed by atoms with Crippen molar-refractivity contribution in [1.82, 2.24) is 9.80 Å². The van der Waals surface area contributed by atoms with E-state index >= 15 is 0 Å². The van der Waals surface area contributed by atoms with Gasteiger partial charge < -0.3 is 19.9 Å². The van der Waals surface area contributed by atoms with E-state index in [-0.39, 0.29) is 23.3 Å². The van der Waals surface area contributed by atoms with Crippen LogP contribution in [0.4, 0.5) is 5.69 Å². The maximum absolute atomic E-state index is 12.7. The van der Waals surface area contributed by atoms with E-state index < -0.39 is 12.6 Å². The first-order valence-corrected chi connectivity index (χ1v) is 12.0. The number of esters is 1. The zero-order valence-corrected chi connectivity index (χ0v) is 20.0. The molecule has 1 N–H and O–H groups in total. The van der Waals surface area contributed by atoms with Gasteiger partial charge in [-0.3, -0.25) is 14.4 Å². The van der Waals surface area contributed by atoms with E-state index in [4.69, 9.17) is 4.74 Å². The Hall–Kier alpha value is -3.98. The average molecular weight is 492 g/mol. The second-order valence-corrected chi connectivity index (χ2v) is 9.04. The number of carbonyl (C=O) groups is 4. The Morgan fingerprint density at radius 1 is 0.914 bits per heavy atom. The molecule has 9 heteroatoms. The van der Waals surface area contributed by atoms with Crippen LogP contribution in [-0.4, -0.2) is 66.3 Å². The van der Waals surface area contributed by atoms with Crippen LogP contribution in [0.2, 0.25) is 0 Å². The number of thiophene rings is 1. The minimum absolute atomic E-state index is 0.0390. The minimum atomic E-state index is -0.704. The highest BCUT2D eigenvalue weighted by Gasteiger charge is 2.26. The molecule has 0 aliphatic carbocycles. The fraction of sp³-hybridized carbons (Fsp3) is 0.231. The van der Waals surface area contributed by atoms with Gasteiger partial charge in [0.05, 0.1) is 16.1 Å². The van der Waals surface area contributed by atoms with E-state index in [1.54, 1.807) is 52.3 Å². The number of nitrogens with zero attached hydrogens (tertiary/aromatic N) is 2. The topological polar surface area (TPSA) is 96.0 Å². The molecule has 2 heterocycles. The monoisotopic (exact) mass is 491 g/mol. The third-order valence-electron chi connectivity index (χ3n) is 5.65. The van der Waals surface area contributed by atoms with E-state index in [0.29, 0.717) is 42.3 Å². The number of piperazine rings is 1. The SMILES string of the molecule is Cc1cccc(C(=O)Nc2ccccc2C(=O)OCC(=O)N2CCN(C(=O)c3cccs3)CC2)c1. The Labute approximate surface area is 207 Å². The normalized spacial score (nSPS) is 13.3. The van der Waals surface area contributed by atoms with Gasteiger partial charge in [-0.25, -0.2) is 4.79 Å². The summed E-state index contributed by atoms with van der Waals surface area (Å²) in [5, 5.41) is 4.60. The summed E-state index contributed by atoms with van der Waals surface area (Å²) in [6, 6.07) is 17.2. The van der Waals surface area contributed by atoms with Crippen LogP contribution in [0.15, 0.2) is 66.0 Å². The number of hydrogen-bond donors (Lipinski definition) is 1. The van der Waals surface area contributed by atoms with Gasteiger partial charge in [-0.1, -0.05) is 35.9 Å². The summed E-state index contributed by atoms with van der Waals surface area (Å²) < 4.78 is 5.26. The first-order chi connectivity index (χ1) is 16.9. The van der Waals surface area contributed by atoms with Gasteiger partial charge in [0.25, 0.3) is 17.7 Å². The van der Waals surface area contributed by atoms with Gasteiger partial charge >= 0.3 is 5.97 Å². The second kappa shape index (κ2) is 11.0. The molecule has 180 valence electrons. The van der Waals surface area contributed by atoms with Crippen molar-refractivity contribution in [2.24, 2.45) is 0 Å². The number of amides is 3. The molecule has 0 spiro atoms. The quantitative estimate of drug-likeness (QED) is 0.533. The van der Waals surface area contributed by atoms with Crippen LogP contribution in [0.1, 0.15) is 36.0 Å². The smallest absolute Gasteiger partial charge is 0.340 e. The zero-order chi connectivity index (χ0) is 24.8. The summed E-state index contributed by atoms with van der Waals surface area (Å²) in [5.41, 5.74) is 1.88. The molecule has 1 aromatic heterocycles. The lowest BCUT2D eigenvalue weighted by Gasteiger charge is -2.34. The van der Waals surface area contributed by atoms with Crippen LogP contribution in [0.3, 0.4) is 0 Å². The molecule has 35 heavy (non-hydrogen) atoms. The highest BCUT2D eigenvalue weighted by molar-refractivity contribution is 7.12. The summed E-state index contributed by atoms with van der Waals surface area (Å²) in [4.78, 5) is 54.3. The predicted octanol–water partition coefficient (Wildman–Crippen LogP) is 3.45. The molecule has 0 bridgehead atoms. The fourth-order valence-corrected chi connectivity index (χ4v) is 4.45. The highest BCUT2D eigenvalue weighted by Crippen LogP contribution is 2.18. The van der Waals surface area contributed by atoms with E-state index in [1.165, 1.54) is 17.4 Å². The number of hydrogen-bond acceptors (Lipinski definition) is 6. The summed E-state index contributed by atoms with van der Waals surface area (Å²) in [5.74, 6) is -1.42. The Kier molecular flexibility index (Phi) is 7.57. The summed E-state index contributed by atoms with van der Waals surface area (Å²) in [6.45, 7) is 3.06. The third-order valence-corrected chi connectivity index (χ3v) is 6.51. The molecule has 1 aliphatic rings. The molecule has 0 atom stereocenters. The molecule has 4 rings (SSSR count). The van der Waals surface area contributed by atoms with Crippen molar-refractivity contribution in [3.8, 4) is 0 Å². The van der Waals surface area contributed by atoms with E-state index in [0.717, 1.165) is 5.56 Å². The van der Waals surface area contributed by atoms with Gasteiger partial charge in [0, 0.05) is 31.7 Å². The van der Waals surface area contributed by atoms with Crippen molar-refractivity contribution in [2.75, 3.05) is 38.1 Å². The Morgan fingerprint density at radius 2 is 1.66 bits per heavy atom. The first kappa shape index (κ1) is 24.2. The van der Waals surface area contributed by atoms with Crippen molar-refractivity contribution < 1.29 is 23.9 Å². The van der Waals surface area contributed by atoms with Gasteiger partial charge in [0.2, 0.25) is 0 Å². The largest absolute Gasteiger partial charge is 0.452 e. The number of rotatable bonds is 6. The number of anilines is 1. The first-order valence-electron chi connectivity index (χ1n) is 11.2. The van der Waals surface area contributed by atoms with Gasteiger partial charge in [-0.05, 0) is 42.6 Å². The zero-order valence-electron chi connectivity index (χ0n) is 19.2. The molecule has 3 amide bonds. The Balaban J connectivity index is 1.31. The van der Waals surface area contributed by atoms with Crippen LogP contribution in [0.5, 0.6) is 0 Å². The Bertz CT molecular complexity index is 1230. The predicted molar refractivity (Wildman–Crippen MR) is 133 cm³/mol. The number of benzene rings is 2. The fourth-order valence-electron chi connectivity index (χ4n) is 3.76. The maximum atomic E-state index is 12.7. The highest BCUT2D eigenvalue weighted by atomic mass is 32.1. The van der Waals surface area contributed by atoms with Crippen LogP contribution < -0.4 is 5.32 Å². The number of nitrogens with one attached hydrogen (secondary N) is 1. The van der Waals surface area contributed by atoms with Gasteiger partial charge in [0.15, 0.2) is 6.61 Å². The molecular weight excluding hydrogens is 466 g/mol. The van der Waals surface area contributed by atoms with Gasteiger partial charge in [-0.15, -0.1) is 11.3 Å². The lowest BCUT2D eigenvalue weighted by atomic mass is 10.1. The molecule has 1 aliphatic heterocycles. The second-order valence-electron chi connectivity index (χ2n) is 8.10. The molecule has 8 nitrogen and oxygen atoms in total. The van der Waals surface area contributed by atoms with Crippen LogP contribution in [0.25, 0.3) is 0 Å². The summed E-state index contributed by atoms with van der Waals surface area (Å²) >= 11 is 1.39. The van der Waals surface area contributed by atoms with Crippen LogP contribution in [-0.2, 0) is 9.53 Å². The van der Waals surface area contributed by atoms with Crippen LogP contribution >= 0.6 is 11.3 Å². The van der Waals surface area contributed by atoms with Crippen molar-refractivity contribution >= 4 is 40.7 Å². The molecule has 0 radical (unpaired) electrons. The van der Waals surface area contributed by atoms with Crippen molar-refractivity contribution in [3.63, 3.8) is 0 Å². The number of para-hydroxylation sites is 1. The molecule has 0 unspecified atom stereocenters. The van der Waals surface area contributed by atoms with Crippen molar-refractivity contribution in [3.05, 3.63) is 87.6 Å². The van der Waals surface area contributed by atoms with E-state index in [9.17, 15) is 19.2 Å². The summed E-state index contributed by atoms with van der Waals surface area (Å²) in [7, 11) is 0. The molecule has 3 aromatic rings. The third kappa shape index (κ3) is 5.93. The van der Waals surface area contributed by atoms with Crippen molar-refractivity contribution in [2.45, 2.75) is 6.92 Å². The molecule has 0 saturated carbocycles. The minimum Gasteiger partial charge on any atom is -0.452 e. The molecule has 1 saturated heterocycles. The lowest BCUT2D eigenvalue weighted by molar-refractivity contribution is -0.136. The molecule has 1 fully saturated rings. The number of ether oxygens (including phenoxy) is 1. The van der Waals surface area contributed by atoms with E-state index in [2.05, 4.69) is 5.32 Å². The lowest BCUT2D eigenvalue weighted by Crippen LogP contribution is -2.51. The average Bonchev–Trinajstić information content (AvgIpc) is 3.42.